The molecule has 0 spiro atoms. The highest BCUT2D eigenvalue weighted by molar-refractivity contribution is 9.10. The standard InChI is InChI=1S/C18H18BrNO/c1-12-9-10-16(19)15(11-12)18(21)20-17-8-4-6-13-5-2-3-7-14(13)17/h4,6,8-11H,2-3,5,7H2,1H3,(H,20,21). The van der Waals surface area contributed by atoms with Crippen LogP contribution in [0.1, 0.15) is 39.9 Å². The molecule has 21 heavy (non-hydrogen) atoms. The largest absolute Gasteiger partial charge is 0.322 e. The van der Waals surface area contributed by atoms with Crippen LogP contribution in [0.4, 0.5) is 5.69 Å². The third-order valence-corrected chi connectivity index (χ3v) is 4.70. The van der Waals surface area contributed by atoms with Crippen molar-refractivity contribution >= 4 is 27.5 Å². The number of halogens is 1. The summed E-state index contributed by atoms with van der Waals surface area (Å²) in [5.74, 6) is -0.0513. The van der Waals surface area contributed by atoms with E-state index in [1.54, 1.807) is 0 Å². The molecule has 108 valence electrons. The number of carbonyl (C=O) groups is 1. The smallest absolute Gasteiger partial charge is 0.256 e. The Kier molecular flexibility index (Phi) is 4.11. The van der Waals surface area contributed by atoms with Gasteiger partial charge in [0.25, 0.3) is 5.91 Å². The zero-order valence-corrected chi connectivity index (χ0v) is 13.7. The molecule has 0 fully saturated rings. The highest BCUT2D eigenvalue weighted by Crippen LogP contribution is 2.28. The molecule has 3 rings (SSSR count). The number of aryl methyl sites for hydroxylation is 2. The van der Waals surface area contributed by atoms with Crippen molar-refractivity contribution in [3.05, 3.63) is 63.1 Å². The van der Waals surface area contributed by atoms with Crippen molar-refractivity contribution in [1.82, 2.24) is 0 Å². The van der Waals surface area contributed by atoms with Crippen LogP contribution in [0.3, 0.4) is 0 Å². The van der Waals surface area contributed by atoms with Gasteiger partial charge >= 0.3 is 0 Å². The van der Waals surface area contributed by atoms with Crippen LogP contribution in [0.15, 0.2) is 40.9 Å². The number of hydrogen-bond donors (Lipinski definition) is 1. The van der Waals surface area contributed by atoms with E-state index in [1.807, 2.05) is 37.3 Å². The first kappa shape index (κ1) is 14.3. The van der Waals surface area contributed by atoms with E-state index in [1.165, 1.54) is 24.0 Å². The van der Waals surface area contributed by atoms with E-state index in [0.29, 0.717) is 5.56 Å². The van der Waals surface area contributed by atoms with Gasteiger partial charge in [-0.3, -0.25) is 4.79 Å². The third-order valence-electron chi connectivity index (χ3n) is 4.01. The molecule has 0 heterocycles. The lowest BCUT2D eigenvalue weighted by Gasteiger charge is -2.19. The molecule has 3 heteroatoms. The number of fused-ring (bicyclic) bond motifs is 1. The fourth-order valence-corrected chi connectivity index (χ4v) is 3.33. The lowest BCUT2D eigenvalue weighted by Crippen LogP contribution is -2.16. The molecule has 2 nitrogen and oxygen atoms in total. The van der Waals surface area contributed by atoms with Gasteiger partial charge in [-0.15, -0.1) is 0 Å². The highest BCUT2D eigenvalue weighted by atomic mass is 79.9. The van der Waals surface area contributed by atoms with E-state index in [2.05, 4.69) is 27.3 Å². The number of benzene rings is 2. The van der Waals surface area contributed by atoms with Gasteiger partial charge in [0.05, 0.1) is 5.56 Å². The van der Waals surface area contributed by atoms with Gasteiger partial charge in [0, 0.05) is 10.2 Å². The van der Waals surface area contributed by atoms with E-state index in [0.717, 1.165) is 28.6 Å². The molecule has 0 atom stereocenters. The van der Waals surface area contributed by atoms with Gasteiger partial charge in [-0.25, -0.2) is 0 Å². The van der Waals surface area contributed by atoms with Crippen molar-refractivity contribution in [2.45, 2.75) is 32.6 Å². The van der Waals surface area contributed by atoms with Crippen LogP contribution in [-0.2, 0) is 12.8 Å². The second kappa shape index (κ2) is 6.02. The molecule has 1 amide bonds. The van der Waals surface area contributed by atoms with Crippen molar-refractivity contribution in [3.63, 3.8) is 0 Å². The van der Waals surface area contributed by atoms with Crippen molar-refractivity contribution in [3.8, 4) is 0 Å². The molecule has 1 aliphatic rings. The lowest BCUT2D eigenvalue weighted by atomic mass is 9.90. The number of nitrogens with one attached hydrogen (secondary N) is 1. The van der Waals surface area contributed by atoms with E-state index >= 15 is 0 Å². The molecule has 1 N–H and O–H groups in total. The SMILES string of the molecule is Cc1ccc(Br)c(C(=O)Nc2cccc3c2CCCC3)c1. The first-order valence-electron chi connectivity index (χ1n) is 7.33. The number of amides is 1. The normalized spacial score (nSPS) is 13.6. The van der Waals surface area contributed by atoms with Gasteiger partial charge in [-0.1, -0.05) is 23.8 Å². The van der Waals surface area contributed by atoms with Gasteiger partial charge in [0.15, 0.2) is 0 Å². The van der Waals surface area contributed by atoms with Gasteiger partial charge < -0.3 is 5.32 Å². The fraction of sp³-hybridized carbons (Fsp3) is 0.278. The Bertz CT molecular complexity index is 694. The first-order chi connectivity index (χ1) is 10.1. The van der Waals surface area contributed by atoms with Gasteiger partial charge in [-0.05, 0) is 77.9 Å². The van der Waals surface area contributed by atoms with Crippen LogP contribution in [0, 0.1) is 6.92 Å². The Morgan fingerprint density at radius 2 is 1.95 bits per heavy atom. The maximum absolute atomic E-state index is 12.5. The summed E-state index contributed by atoms with van der Waals surface area (Å²) in [5, 5.41) is 3.09. The van der Waals surface area contributed by atoms with Crippen molar-refractivity contribution in [1.29, 1.82) is 0 Å². The second-order valence-electron chi connectivity index (χ2n) is 5.59. The quantitative estimate of drug-likeness (QED) is 0.826. The molecule has 0 unspecified atom stereocenters. The molecule has 2 aromatic rings. The molecular formula is C18H18BrNO. The molecule has 2 aromatic carbocycles. The first-order valence-corrected chi connectivity index (χ1v) is 8.13. The lowest BCUT2D eigenvalue weighted by molar-refractivity contribution is 0.102. The molecule has 0 radical (unpaired) electrons. The molecule has 0 saturated carbocycles. The number of hydrogen-bond acceptors (Lipinski definition) is 1. The Balaban J connectivity index is 1.90. The minimum Gasteiger partial charge on any atom is -0.322 e. The van der Waals surface area contributed by atoms with Crippen molar-refractivity contribution in [2.24, 2.45) is 0 Å². The molecule has 0 bridgehead atoms. The van der Waals surface area contributed by atoms with E-state index in [-0.39, 0.29) is 5.91 Å². The van der Waals surface area contributed by atoms with Gasteiger partial charge in [0.2, 0.25) is 0 Å². The third kappa shape index (κ3) is 3.03. The van der Waals surface area contributed by atoms with E-state index in [4.69, 9.17) is 0 Å². The van der Waals surface area contributed by atoms with Crippen LogP contribution in [-0.4, -0.2) is 5.91 Å². The predicted octanol–water partition coefficient (Wildman–Crippen LogP) is 4.89. The highest BCUT2D eigenvalue weighted by Gasteiger charge is 2.16. The zero-order chi connectivity index (χ0) is 14.8. The summed E-state index contributed by atoms with van der Waals surface area (Å²) in [6.45, 7) is 1.99. The molecule has 1 aliphatic carbocycles. The van der Waals surface area contributed by atoms with Crippen molar-refractivity contribution < 1.29 is 4.79 Å². The van der Waals surface area contributed by atoms with Crippen LogP contribution < -0.4 is 5.32 Å². The van der Waals surface area contributed by atoms with E-state index in [9.17, 15) is 4.79 Å². The zero-order valence-electron chi connectivity index (χ0n) is 12.1. The predicted molar refractivity (Wildman–Crippen MR) is 89.9 cm³/mol. The average molecular weight is 344 g/mol. The number of rotatable bonds is 2. The topological polar surface area (TPSA) is 29.1 Å². The Morgan fingerprint density at radius 1 is 1.14 bits per heavy atom. The minimum atomic E-state index is -0.0513. The fourth-order valence-electron chi connectivity index (χ4n) is 2.90. The van der Waals surface area contributed by atoms with Crippen LogP contribution in [0.5, 0.6) is 0 Å². The summed E-state index contributed by atoms with van der Waals surface area (Å²) in [5.41, 5.74) is 5.41. The molecule has 0 aliphatic heterocycles. The maximum atomic E-state index is 12.5. The van der Waals surface area contributed by atoms with Crippen molar-refractivity contribution in [2.75, 3.05) is 5.32 Å². The summed E-state index contributed by atoms with van der Waals surface area (Å²) >= 11 is 3.46. The van der Waals surface area contributed by atoms with Crippen LogP contribution in [0.2, 0.25) is 0 Å². The number of carbonyl (C=O) groups excluding carboxylic acids is 1. The molecule has 0 aromatic heterocycles. The molecular weight excluding hydrogens is 326 g/mol. The number of anilines is 1. The summed E-state index contributed by atoms with van der Waals surface area (Å²) in [6.07, 6.45) is 4.62. The van der Waals surface area contributed by atoms with Crippen LogP contribution >= 0.6 is 15.9 Å². The second-order valence-corrected chi connectivity index (χ2v) is 6.44. The van der Waals surface area contributed by atoms with E-state index < -0.39 is 0 Å². The van der Waals surface area contributed by atoms with Gasteiger partial charge in [0.1, 0.15) is 0 Å². The average Bonchev–Trinajstić information content (AvgIpc) is 2.50. The summed E-state index contributed by atoms with van der Waals surface area (Å²) in [6, 6.07) is 12.0. The summed E-state index contributed by atoms with van der Waals surface area (Å²) < 4.78 is 0.829. The van der Waals surface area contributed by atoms with Crippen LogP contribution in [0.25, 0.3) is 0 Å². The molecule has 0 saturated heterocycles. The minimum absolute atomic E-state index is 0.0513. The monoisotopic (exact) mass is 343 g/mol. The summed E-state index contributed by atoms with van der Waals surface area (Å²) in [7, 11) is 0. The Hall–Kier alpha value is -1.61. The maximum Gasteiger partial charge on any atom is 0.256 e. The Labute approximate surface area is 133 Å². The summed E-state index contributed by atoms with van der Waals surface area (Å²) in [4.78, 5) is 12.5. The Morgan fingerprint density at radius 3 is 2.81 bits per heavy atom. The van der Waals surface area contributed by atoms with Gasteiger partial charge in [-0.2, -0.15) is 0 Å².